The van der Waals surface area contributed by atoms with Crippen LogP contribution in [0.15, 0.2) is 73.1 Å². The number of hydrogen-bond donors (Lipinski definition) is 2. The van der Waals surface area contributed by atoms with E-state index in [0.29, 0.717) is 22.9 Å². The monoisotopic (exact) mass is 463 g/mol. The van der Waals surface area contributed by atoms with Gasteiger partial charge >= 0.3 is 0 Å². The van der Waals surface area contributed by atoms with Crippen LogP contribution in [0.5, 0.6) is 5.75 Å². The average molecular weight is 463 g/mol. The molecule has 8 nitrogen and oxygen atoms in total. The summed E-state index contributed by atoms with van der Waals surface area (Å²) in [6, 6.07) is 16.2. The minimum absolute atomic E-state index is 0.0695. The summed E-state index contributed by atoms with van der Waals surface area (Å²) >= 11 is 1.05. The third-order valence-electron chi connectivity index (χ3n) is 4.44. The molecule has 2 aromatic heterocycles. The lowest BCUT2D eigenvalue weighted by Gasteiger charge is -2.07. The number of nitrogens with one attached hydrogen (secondary N) is 2. The smallest absolute Gasteiger partial charge is 0.286 e. The number of ether oxygens (including phenoxy) is 1. The maximum absolute atomic E-state index is 13.7. The number of hydrogen-bond acceptors (Lipinski definition) is 7. The number of carbonyl (C=O) groups excluding carboxylic acids is 2. The molecule has 0 atom stereocenters. The van der Waals surface area contributed by atoms with Crippen molar-refractivity contribution in [1.82, 2.24) is 20.5 Å². The van der Waals surface area contributed by atoms with Crippen LogP contribution in [0.3, 0.4) is 0 Å². The fraction of sp³-hybridized carbons (Fsp3) is 0.0870. The van der Waals surface area contributed by atoms with E-state index in [2.05, 4.69) is 25.8 Å². The Labute approximate surface area is 192 Å². The summed E-state index contributed by atoms with van der Waals surface area (Å²) in [5.41, 5.74) is 1.47. The fourth-order valence-corrected chi connectivity index (χ4v) is 3.42. The predicted molar refractivity (Wildman–Crippen MR) is 120 cm³/mol. The normalized spacial score (nSPS) is 10.5. The molecule has 0 aliphatic heterocycles. The number of aromatic nitrogens is 3. The van der Waals surface area contributed by atoms with Crippen molar-refractivity contribution < 1.29 is 18.7 Å². The van der Waals surface area contributed by atoms with Crippen molar-refractivity contribution in [2.75, 3.05) is 5.32 Å². The van der Waals surface area contributed by atoms with Crippen LogP contribution in [0.1, 0.15) is 30.7 Å². The Kier molecular flexibility index (Phi) is 6.96. The van der Waals surface area contributed by atoms with E-state index in [-0.39, 0.29) is 23.2 Å². The van der Waals surface area contributed by atoms with E-state index < -0.39 is 11.7 Å². The van der Waals surface area contributed by atoms with Crippen LogP contribution in [0, 0.1) is 5.82 Å². The van der Waals surface area contributed by atoms with E-state index in [1.165, 1.54) is 18.2 Å². The van der Waals surface area contributed by atoms with Gasteiger partial charge in [-0.1, -0.05) is 29.5 Å². The Morgan fingerprint density at radius 2 is 1.79 bits per heavy atom. The van der Waals surface area contributed by atoms with Gasteiger partial charge in [0.05, 0.1) is 5.69 Å². The van der Waals surface area contributed by atoms with Crippen molar-refractivity contribution in [1.29, 1.82) is 0 Å². The number of rotatable bonds is 8. The van der Waals surface area contributed by atoms with E-state index in [9.17, 15) is 14.0 Å². The van der Waals surface area contributed by atoms with Crippen LogP contribution in [-0.2, 0) is 13.2 Å². The molecule has 2 N–H and O–H groups in total. The van der Waals surface area contributed by atoms with E-state index in [1.807, 2.05) is 12.1 Å². The van der Waals surface area contributed by atoms with Gasteiger partial charge < -0.3 is 15.4 Å². The molecule has 0 unspecified atom stereocenters. The van der Waals surface area contributed by atoms with Gasteiger partial charge in [0.15, 0.2) is 5.01 Å². The molecular formula is C23H18FN5O3S. The van der Waals surface area contributed by atoms with Crippen molar-refractivity contribution in [3.63, 3.8) is 0 Å². The lowest BCUT2D eigenvalue weighted by atomic mass is 10.2. The standard InChI is InChI=1S/C23H18FN5O3S/c24-18-5-1-2-6-19(18)27-22(31)23-29-28-20(33-23)14-32-17-9-7-16(8-10-17)21(30)26-13-15-4-3-11-25-12-15/h1-12H,13-14H2,(H,26,30)(H,27,31). The van der Waals surface area contributed by atoms with E-state index >= 15 is 0 Å². The number of para-hydroxylation sites is 1. The summed E-state index contributed by atoms with van der Waals surface area (Å²) < 4.78 is 19.3. The highest BCUT2D eigenvalue weighted by Gasteiger charge is 2.15. The first-order valence-corrected chi connectivity index (χ1v) is 10.7. The number of anilines is 1. The highest BCUT2D eigenvalue weighted by molar-refractivity contribution is 7.13. The number of pyridine rings is 1. The van der Waals surface area contributed by atoms with Gasteiger partial charge in [-0.05, 0) is 48.0 Å². The SMILES string of the molecule is O=C(NCc1cccnc1)c1ccc(OCc2nnc(C(=O)Nc3ccccc3F)s2)cc1. The summed E-state index contributed by atoms with van der Waals surface area (Å²) in [6.45, 7) is 0.478. The van der Waals surface area contributed by atoms with Gasteiger partial charge in [0, 0.05) is 24.5 Å². The lowest BCUT2D eigenvalue weighted by Crippen LogP contribution is -2.22. The molecule has 0 bridgehead atoms. The van der Waals surface area contributed by atoms with Gasteiger partial charge in [-0.2, -0.15) is 0 Å². The molecule has 0 radical (unpaired) electrons. The van der Waals surface area contributed by atoms with Gasteiger partial charge in [-0.3, -0.25) is 14.6 Å². The van der Waals surface area contributed by atoms with Crippen molar-refractivity contribution in [2.24, 2.45) is 0 Å². The Morgan fingerprint density at radius 1 is 0.970 bits per heavy atom. The summed E-state index contributed by atoms with van der Waals surface area (Å²) in [5, 5.41) is 13.6. The summed E-state index contributed by atoms with van der Waals surface area (Å²) in [7, 11) is 0. The third-order valence-corrected chi connectivity index (χ3v) is 5.33. The van der Waals surface area contributed by atoms with Crippen molar-refractivity contribution in [2.45, 2.75) is 13.2 Å². The number of nitrogens with zero attached hydrogens (tertiary/aromatic N) is 3. The molecule has 0 saturated carbocycles. The van der Waals surface area contributed by atoms with Crippen LogP contribution in [0.25, 0.3) is 0 Å². The highest BCUT2D eigenvalue weighted by atomic mass is 32.1. The quantitative estimate of drug-likeness (QED) is 0.411. The second-order valence-electron chi connectivity index (χ2n) is 6.79. The third kappa shape index (κ3) is 5.95. The summed E-state index contributed by atoms with van der Waals surface area (Å²) in [6.07, 6.45) is 3.37. The topological polar surface area (TPSA) is 106 Å². The zero-order valence-electron chi connectivity index (χ0n) is 17.2. The summed E-state index contributed by atoms with van der Waals surface area (Å²) in [4.78, 5) is 28.5. The summed E-state index contributed by atoms with van der Waals surface area (Å²) in [5.74, 6) is -0.759. The molecule has 0 aliphatic carbocycles. The van der Waals surface area contributed by atoms with Gasteiger partial charge in [-0.25, -0.2) is 4.39 Å². The molecule has 4 rings (SSSR count). The zero-order valence-corrected chi connectivity index (χ0v) is 18.0. The van der Waals surface area contributed by atoms with Gasteiger partial charge in [0.25, 0.3) is 11.8 Å². The minimum Gasteiger partial charge on any atom is -0.486 e. The molecule has 0 saturated heterocycles. The van der Waals surface area contributed by atoms with E-state index in [1.54, 1.807) is 42.7 Å². The van der Waals surface area contributed by atoms with Gasteiger partial charge in [-0.15, -0.1) is 10.2 Å². The maximum Gasteiger partial charge on any atom is 0.286 e. The van der Waals surface area contributed by atoms with E-state index in [0.717, 1.165) is 16.9 Å². The van der Waals surface area contributed by atoms with E-state index in [4.69, 9.17) is 4.74 Å². The molecule has 10 heteroatoms. The van der Waals surface area contributed by atoms with Gasteiger partial charge in [0.1, 0.15) is 18.2 Å². The first kappa shape index (κ1) is 22.0. The van der Waals surface area contributed by atoms with Crippen molar-refractivity contribution in [3.05, 3.63) is 100 Å². The van der Waals surface area contributed by atoms with Crippen LogP contribution >= 0.6 is 11.3 Å². The first-order chi connectivity index (χ1) is 16.1. The Bertz CT molecular complexity index is 1250. The molecule has 0 fully saturated rings. The fourth-order valence-electron chi connectivity index (χ4n) is 2.78. The number of halogens is 1. The Hall–Kier alpha value is -4.18. The molecule has 4 aromatic rings. The predicted octanol–water partition coefficient (Wildman–Crippen LogP) is 3.83. The van der Waals surface area contributed by atoms with Crippen LogP contribution < -0.4 is 15.4 Å². The molecule has 2 amide bonds. The van der Waals surface area contributed by atoms with Crippen molar-refractivity contribution >= 4 is 28.8 Å². The molecule has 33 heavy (non-hydrogen) atoms. The molecule has 166 valence electrons. The molecule has 2 aromatic carbocycles. The second-order valence-corrected chi connectivity index (χ2v) is 7.85. The second kappa shape index (κ2) is 10.4. The van der Waals surface area contributed by atoms with Crippen LogP contribution in [0.4, 0.5) is 10.1 Å². The maximum atomic E-state index is 13.7. The first-order valence-electron chi connectivity index (χ1n) is 9.87. The lowest BCUT2D eigenvalue weighted by molar-refractivity contribution is 0.0950. The molecule has 0 spiro atoms. The Morgan fingerprint density at radius 3 is 2.55 bits per heavy atom. The zero-order chi connectivity index (χ0) is 23.0. The van der Waals surface area contributed by atoms with Crippen LogP contribution in [-0.4, -0.2) is 27.0 Å². The van der Waals surface area contributed by atoms with Crippen molar-refractivity contribution in [3.8, 4) is 5.75 Å². The van der Waals surface area contributed by atoms with Gasteiger partial charge in [0.2, 0.25) is 5.01 Å². The Balaban J connectivity index is 1.28. The molecule has 2 heterocycles. The largest absolute Gasteiger partial charge is 0.486 e. The van der Waals surface area contributed by atoms with Crippen LogP contribution in [0.2, 0.25) is 0 Å². The minimum atomic E-state index is -0.550. The molecular weight excluding hydrogens is 445 g/mol. The number of carbonyl (C=O) groups is 2. The average Bonchev–Trinajstić information content (AvgIpc) is 3.33. The number of amides is 2. The molecule has 0 aliphatic rings. The highest BCUT2D eigenvalue weighted by Crippen LogP contribution is 2.18. The number of benzene rings is 2.